The highest BCUT2D eigenvalue weighted by atomic mass is 16.1. The van der Waals surface area contributed by atoms with Crippen molar-refractivity contribution in [1.82, 2.24) is 14.8 Å². The van der Waals surface area contributed by atoms with Gasteiger partial charge in [-0.3, -0.25) is 4.79 Å². The quantitative estimate of drug-likeness (QED) is 0.756. The predicted octanol–water partition coefficient (Wildman–Crippen LogP) is 2.42. The molecule has 0 unspecified atom stereocenters. The van der Waals surface area contributed by atoms with Crippen molar-refractivity contribution >= 4 is 5.78 Å². The lowest BCUT2D eigenvalue weighted by Crippen LogP contribution is -2.03. The molecule has 0 atom stereocenters. The summed E-state index contributed by atoms with van der Waals surface area (Å²) in [5.41, 5.74) is 0.937. The topological polar surface area (TPSA) is 47.8 Å². The molecule has 0 N–H and O–H groups in total. The van der Waals surface area contributed by atoms with Crippen molar-refractivity contribution in [2.75, 3.05) is 0 Å². The normalized spacial score (nSPS) is 10.5. The maximum Gasteiger partial charge on any atom is 0.217 e. The molecule has 2 rings (SSSR count). The van der Waals surface area contributed by atoms with Gasteiger partial charge < -0.3 is 0 Å². The zero-order valence-electron chi connectivity index (χ0n) is 10.1. The van der Waals surface area contributed by atoms with Crippen molar-refractivity contribution in [3.05, 3.63) is 42.0 Å². The Bertz CT molecular complexity index is 517. The van der Waals surface area contributed by atoms with Crippen LogP contribution in [0.15, 0.2) is 30.3 Å². The Morgan fingerprint density at radius 3 is 2.53 bits per heavy atom. The van der Waals surface area contributed by atoms with E-state index >= 15 is 0 Å². The summed E-state index contributed by atoms with van der Waals surface area (Å²) in [7, 11) is 0. The third-order valence-electron chi connectivity index (χ3n) is 2.56. The molecule has 1 heterocycles. The maximum atomic E-state index is 11.6. The van der Waals surface area contributed by atoms with Gasteiger partial charge in [0.2, 0.25) is 11.6 Å². The van der Waals surface area contributed by atoms with Crippen molar-refractivity contribution in [2.24, 2.45) is 0 Å². The number of ketones is 1. The number of aromatic nitrogens is 3. The molecule has 0 saturated carbocycles. The molecule has 17 heavy (non-hydrogen) atoms. The van der Waals surface area contributed by atoms with Crippen LogP contribution in [-0.2, 0) is 6.42 Å². The zero-order chi connectivity index (χ0) is 12.3. The predicted molar refractivity (Wildman–Crippen MR) is 65.4 cm³/mol. The van der Waals surface area contributed by atoms with Crippen LogP contribution in [0.25, 0.3) is 5.69 Å². The molecule has 0 spiro atoms. The fourth-order valence-corrected chi connectivity index (χ4v) is 1.63. The van der Waals surface area contributed by atoms with E-state index in [0.717, 1.165) is 17.9 Å². The monoisotopic (exact) mass is 229 g/mol. The summed E-state index contributed by atoms with van der Waals surface area (Å²) in [4.78, 5) is 15.9. The fraction of sp³-hybridized carbons (Fsp3) is 0.308. The molecule has 0 aliphatic carbocycles. The minimum Gasteiger partial charge on any atom is -0.291 e. The smallest absolute Gasteiger partial charge is 0.217 e. The van der Waals surface area contributed by atoms with Gasteiger partial charge in [-0.25, -0.2) is 9.67 Å². The summed E-state index contributed by atoms with van der Waals surface area (Å²) in [5.74, 6) is 1.11. The number of Topliss-reactive ketones (excluding diaryl/α,β-unsaturated/α-hetero) is 1. The van der Waals surface area contributed by atoms with E-state index in [1.165, 1.54) is 0 Å². The second kappa shape index (κ2) is 4.91. The lowest BCUT2D eigenvalue weighted by Gasteiger charge is -2.02. The highest BCUT2D eigenvalue weighted by Gasteiger charge is 2.14. The molecule has 1 aromatic heterocycles. The van der Waals surface area contributed by atoms with Gasteiger partial charge in [0, 0.05) is 12.8 Å². The Morgan fingerprint density at radius 2 is 1.94 bits per heavy atom. The van der Waals surface area contributed by atoms with Gasteiger partial charge in [0.05, 0.1) is 5.69 Å². The summed E-state index contributed by atoms with van der Waals surface area (Å²) in [5, 5.41) is 4.28. The first kappa shape index (κ1) is 11.5. The Labute approximate surface area is 100 Å². The molecule has 0 amide bonds. The van der Waals surface area contributed by atoms with E-state index in [4.69, 9.17) is 0 Å². The molecule has 0 aliphatic heterocycles. The number of carbonyl (C=O) groups is 1. The van der Waals surface area contributed by atoms with Crippen molar-refractivity contribution in [3.63, 3.8) is 0 Å². The highest BCUT2D eigenvalue weighted by molar-refractivity contribution is 5.92. The van der Waals surface area contributed by atoms with Gasteiger partial charge in [-0.1, -0.05) is 32.0 Å². The summed E-state index contributed by atoms with van der Waals surface area (Å²) in [6.45, 7) is 3.82. The van der Waals surface area contributed by atoms with E-state index in [-0.39, 0.29) is 5.78 Å². The second-order valence-corrected chi connectivity index (χ2v) is 3.73. The van der Waals surface area contributed by atoms with Crippen molar-refractivity contribution in [2.45, 2.75) is 26.7 Å². The van der Waals surface area contributed by atoms with E-state index in [9.17, 15) is 4.79 Å². The van der Waals surface area contributed by atoms with Gasteiger partial charge >= 0.3 is 0 Å². The van der Waals surface area contributed by atoms with Crippen LogP contribution in [0.3, 0.4) is 0 Å². The average Bonchev–Trinajstić information content (AvgIpc) is 2.83. The summed E-state index contributed by atoms with van der Waals surface area (Å²) in [6, 6.07) is 9.74. The van der Waals surface area contributed by atoms with Gasteiger partial charge in [0.1, 0.15) is 5.82 Å². The van der Waals surface area contributed by atoms with Crippen molar-refractivity contribution in [3.8, 4) is 5.69 Å². The van der Waals surface area contributed by atoms with Crippen LogP contribution < -0.4 is 0 Å². The van der Waals surface area contributed by atoms with Crippen LogP contribution in [0.2, 0.25) is 0 Å². The number of para-hydroxylation sites is 1. The lowest BCUT2D eigenvalue weighted by molar-refractivity contribution is 0.0978. The molecule has 2 aromatic rings. The molecule has 1 aromatic carbocycles. The van der Waals surface area contributed by atoms with Crippen LogP contribution in [0.4, 0.5) is 0 Å². The van der Waals surface area contributed by atoms with Gasteiger partial charge in [0.25, 0.3) is 0 Å². The summed E-state index contributed by atoms with van der Waals surface area (Å²) < 4.78 is 1.74. The molecule has 0 saturated heterocycles. The Balaban J connectivity index is 2.47. The minimum atomic E-state index is -0.0191. The molecule has 4 nitrogen and oxygen atoms in total. The number of hydrogen-bond acceptors (Lipinski definition) is 3. The molecule has 0 bridgehead atoms. The Hall–Kier alpha value is -1.97. The highest BCUT2D eigenvalue weighted by Crippen LogP contribution is 2.11. The molecule has 0 aliphatic rings. The van der Waals surface area contributed by atoms with E-state index in [0.29, 0.717) is 12.2 Å². The fourth-order valence-electron chi connectivity index (χ4n) is 1.63. The number of nitrogens with zero attached hydrogens (tertiary/aromatic N) is 3. The number of rotatable bonds is 4. The Kier molecular flexibility index (Phi) is 3.32. The van der Waals surface area contributed by atoms with E-state index in [2.05, 4.69) is 10.1 Å². The standard InChI is InChI=1S/C13H15N3O/c1-3-11(17)13-14-12(4-2)16(15-13)10-8-6-5-7-9-10/h5-9H,3-4H2,1-2H3. The van der Waals surface area contributed by atoms with E-state index in [1.807, 2.05) is 44.2 Å². The van der Waals surface area contributed by atoms with Crippen molar-refractivity contribution < 1.29 is 4.79 Å². The first-order chi connectivity index (χ1) is 8.26. The third kappa shape index (κ3) is 2.25. The first-order valence-corrected chi connectivity index (χ1v) is 5.80. The van der Waals surface area contributed by atoms with Gasteiger partial charge in [0.15, 0.2) is 0 Å². The average molecular weight is 229 g/mol. The molecule has 4 heteroatoms. The van der Waals surface area contributed by atoms with Gasteiger partial charge in [-0.15, -0.1) is 5.10 Å². The SMILES string of the molecule is CCC(=O)c1nc(CC)n(-c2ccccc2)n1. The molecule has 88 valence electrons. The minimum absolute atomic E-state index is 0.0191. The zero-order valence-corrected chi connectivity index (χ0v) is 10.1. The molecule has 0 fully saturated rings. The van der Waals surface area contributed by atoms with Crippen LogP contribution in [0.1, 0.15) is 36.7 Å². The molecular weight excluding hydrogens is 214 g/mol. The number of aryl methyl sites for hydroxylation is 1. The van der Waals surface area contributed by atoms with E-state index in [1.54, 1.807) is 4.68 Å². The second-order valence-electron chi connectivity index (χ2n) is 3.73. The van der Waals surface area contributed by atoms with Crippen LogP contribution in [0.5, 0.6) is 0 Å². The van der Waals surface area contributed by atoms with Crippen molar-refractivity contribution in [1.29, 1.82) is 0 Å². The number of benzene rings is 1. The maximum absolute atomic E-state index is 11.6. The lowest BCUT2D eigenvalue weighted by atomic mass is 10.3. The van der Waals surface area contributed by atoms with Gasteiger partial charge in [-0.2, -0.15) is 0 Å². The Morgan fingerprint density at radius 1 is 1.24 bits per heavy atom. The third-order valence-corrected chi connectivity index (χ3v) is 2.56. The molecule has 0 radical (unpaired) electrons. The number of carbonyl (C=O) groups excluding carboxylic acids is 1. The summed E-state index contributed by atoms with van der Waals surface area (Å²) in [6.07, 6.45) is 1.18. The van der Waals surface area contributed by atoms with Crippen LogP contribution in [0, 0.1) is 0 Å². The first-order valence-electron chi connectivity index (χ1n) is 5.80. The van der Waals surface area contributed by atoms with Crippen LogP contribution >= 0.6 is 0 Å². The van der Waals surface area contributed by atoms with E-state index < -0.39 is 0 Å². The number of hydrogen-bond donors (Lipinski definition) is 0. The largest absolute Gasteiger partial charge is 0.291 e. The van der Waals surface area contributed by atoms with Crippen LogP contribution in [-0.4, -0.2) is 20.5 Å². The molecular formula is C13H15N3O. The van der Waals surface area contributed by atoms with Gasteiger partial charge in [-0.05, 0) is 12.1 Å². The summed E-state index contributed by atoms with van der Waals surface area (Å²) >= 11 is 0.